The maximum Gasteiger partial charge on any atom is 0.228 e. The molecule has 0 saturated carbocycles. The molecule has 0 aromatic heterocycles. The Bertz CT molecular complexity index is 457. The van der Waals surface area contributed by atoms with Crippen LogP contribution < -0.4 is 4.74 Å². The largest absolute Gasteiger partial charge is 0.497 e. The molecule has 0 unspecified atom stereocenters. The van der Waals surface area contributed by atoms with Crippen LogP contribution in [0.5, 0.6) is 5.75 Å². The highest BCUT2D eigenvalue weighted by Crippen LogP contribution is 2.19. The van der Waals surface area contributed by atoms with Crippen molar-refractivity contribution in [2.75, 3.05) is 40.6 Å². The van der Waals surface area contributed by atoms with Gasteiger partial charge in [0.25, 0.3) is 0 Å². The molecule has 0 N–H and O–H groups in total. The highest BCUT2D eigenvalue weighted by atomic mass is 16.5. The molecule has 0 bridgehead atoms. The van der Waals surface area contributed by atoms with E-state index in [0.717, 1.165) is 17.7 Å². The van der Waals surface area contributed by atoms with Crippen LogP contribution in [0.2, 0.25) is 0 Å². The average Bonchev–Trinajstić information content (AvgIpc) is 3.05. The molecule has 1 amide bonds. The number of amides is 1. The van der Waals surface area contributed by atoms with E-state index in [0.29, 0.717) is 32.9 Å². The van der Waals surface area contributed by atoms with Gasteiger partial charge in [0.2, 0.25) is 5.91 Å². The Morgan fingerprint density at radius 3 is 2.95 bits per heavy atom. The Morgan fingerprint density at radius 1 is 1.43 bits per heavy atom. The number of rotatable bonds is 7. The summed E-state index contributed by atoms with van der Waals surface area (Å²) in [6.45, 7) is 2.89. The summed E-state index contributed by atoms with van der Waals surface area (Å²) >= 11 is 0. The SMILES string of the molecule is COCCN(Cc1cccc(OC)c1)C(=O)[C@H]1CCOC1. The Balaban J connectivity index is 2.05. The molecule has 0 radical (unpaired) electrons. The summed E-state index contributed by atoms with van der Waals surface area (Å²) in [5, 5.41) is 0. The van der Waals surface area contributed by atoms with E-state index in [1.165, 1.54) is 0 Å². The number of nitrogens with zero attached hydrogens (tertiary/aromatic N) is 1. The number of methoxy groups -OCH3 is 2. The van der Waals surface area contributed by atoms with Crippen molar-refractivity contribution in [3.05, 3.63) is 29.8 Å². The van der Waals surface area contributed by atoms with Gasteiger partial charge < -0.3 is 19.1 Å². The van der Waals surface area contributed by atoms with E-state index < -0.39 is 0 Å². The van der Waals surface area contributed by atoms with Crippen LogP contribution in [0.1, 0.15) is 12.0 Å². The predicted molar refractivity (Wildman–Crippen MR) is 79.2 cm³/mol. The summed E-state index contributed by atoms with van der Waals surface area (Å²) in [6, 6.07) is 7.79. The predicted octanol–water partition coefficient (Wildman–Crippen LogP) is 1.71. The van der Waals surface area contributed by atoms with Crippen LogP contribution in [0.3, 0.4) is 0 Å². The molecule has 2 rings (SSSR count). The van der Waals surface area contributed by atoms with Gasteiger partial charge in [-0.1, -0.05) is 12.1 Å². The van der Waals surface area contributed by atoms with E-state index in [2.05, 4.69) is 0 Å². The van der Waals surface area contributed by atoms with Gasteiger partial charge in [-0.15, -0.1) is 0 Å². The van der Waals surface area contributed by atoms with Gasteiger partial charge in [-0.3, -0.25) is 4.79 Å². The Hall–Kier alpha value is -1.59. The van der Waals surface area contributed by atoms with E-state index in [4.69, 9.17) is 14.2 Å². The molecule has 1 fully saturated rings. The number of carbonyl (C=O) groups is 1. The molecule has 1 saturated heterocycles. The summed E-state index contributed by atoms with van der Waals surface area (Å²) < 4.78 is 15.7. The summed E-state index contributed by atoms with van der Waals surface area (Å²) in [6.07, 6.45) is 0.806. The zero-order chi connectivity index (χ0) is 15.1. The first-order valence-electron chi connectivity index (χ1n) is 7.23. The molecule has 5 heteroatoms. The molecule has 5 nitrogen and oxygen atoms in total. The first-order valence-corrected chi connectivity index (χ1v) is 7.23. The number of hydrogen-bond acceptors (Lipinski definition) is 4. The van der Waals surface area contributed by atoms with Crippen molar-refractivity contribution in [1.29, 1.82) is 0 Å². The van der Waals surface area contributed by atoms with E-state index in [1.54, 1.807) is 14.2 Å². The van der Waals surface area contributed by atoms with Crippen LogP contribution in [0, 0.1) is 5.92 Å². The minimum Gasteiger partial charge on any atom is -0.497 e. The van der Waals surface area contributed by atoms with Gasteiger partial charge in [0, 0.05) is 26.8 Å². The van der Waals surface area contributed by atoms with Crippen LogP contribution in [-0.2, 0) is 20.8 Å². The highest BCUT2D eigenvalue weighted by molar-refractivity contribution is 5.79. The maximum atomic E-state index is 12.6. The minimum absolute atomic E-state index is 0.0209. The van der Waals surface area contributed by atoms with Gasteiger partial charge in [0.15, 0.2) is 0 Å². The fourth-order valence-corrected chi connectivity index (χ4v) is 2.45. The first kappa shape index (κ1) is 15.8. The molecule has 1 aliphatic heterocycles. The van der Waals surface area contributed by atoms with Crippen LogP contribution in [-0.4, -0.2) is 51.4 Å². The van der Waals surface area contributed by atoms with Crippen molar-refractivity contribution in [3.63, 3.8) is 0 Å². The maximum absolute atomic E-state index is 12.6. The van der Waals surface area contributed by atoms with Crippen molar-refractivity contribution in [2.45, 2.75) is 13.0 Å². The molecule has 21 heavy (non-hydrogen) atoms. The number of ether oxygens (including phenoxy) is 3. The van der Waals surface area contributed by atoms with Gasteiger partial charge in [-0.05, 0) is 24.1 Å². The van der Waals surface area contributed by atoms with E-state index >= 15 is 0 Å². The lowest BCUT2D eigenvalue weighted by atomic mass is 10.1. The molecule has 0 spiro atoms. The molecular formula is C16H23NO4. The lowest BCUT2D eigenvalue weighted by molar-refractivity contribution is -0.136. The first-order chi connectivity index (χ1) is 10.2. The standard InChI is InChI=1S/C16H23NO4/c1-19-9-7-17(16(18)14-6-8-21-12-14)11-13-4-3-5-15(10-13)20-2/h3-5,10,14H,6-9,11-12H2,1-2H3/t14-/m0/s1. The minimum atomic E-state index is -0.0209. The third-order valence-electron chi connectivity index (χ3n) is 3.66. The van der Waals surface area contributed by atoms with Crippen molar-refractivity contribution in [3.8, 4) is 5.75 Å². The highest BCUT2D eigenvalue weighted by Gasteiger charge is 2.27. The third kappa shape index (κ3) is 4.44. The number of benzene rings is 1. The second kappa shape index (κ2) is 8.00. The van der Waals surface area contributed by atoms with Crippen LogP contribution in [0.4, 0.5) is 0 Å². The number of carbonyl (C=O) groups excluding carboxylic acids is 1. The van der Waals surface area contributed by atoms with Gasteiger partial charge in [-0.25, -0.2) is 0 Å². The monoisotopic (exact) mass is 293 g/mol. The van der Waals surface area contributed by atoms with Crippen LogP contribution in [0.25, 0.3) is 0 Å². The van der Waals surface area contributed by atoms with Crippen molar-refractivity contribution in [2.24, 2.45) is 5.92 Å². The normalized spacial score (nSPS) is 17.7. The summed E-state index contributed by atoms with van der Waals surface area (Å²) in [5.74, 6) is 0.927. The van der Waals surface area contributed by atoms with E-state index in [1.807, 2.05) is 29.2 Å². The molecule has 1 atom stereocenters. The summed E-state index contributed by atoms with van der Waals surface area (Å²) in [5.41, 5.74) is 1.05. The fraction of sp³-hybridized carbons (Fsp3) is 0.562. The molecule has 1 aromatic carbocycles. The van der Waals surface area contributed by atoms with Gasteiger partial charge in [0.05, 0.1) is 26.2 Å². The lowest BCUT2D eigenvalue weighted by Crippen LogP contribution is -2.38. The average molecular weight is 293 g/mol. The van der Waals surface area contributed by atoms with Crippen LogP contribution >= 0.6 is 0 Å². The van der Waals surface area contributed by atoms with Crippen molar-refractivity contribution < 1.29 is 19.0 Å². The molecule has 1 aliphatic rings. The Morgan fingerprint density at radius 2 is 2.29 bits per heavy atom. The Kier molecular flexibility index (Phi) is 6.02. The number of hydrogen-bond donors (Lipinski definition) is 0. The van der Waals surface area contributed by atoms with Gasteiger partial charge in [-0.2, -0.15) is 0 Å². The summed E-state index contributed by atoms with van der Waals surface area (Å²) in [7, 11) is 3.29. The topological polar surface area (TPSA) is 48.0 Å². The zero-order valence-electron chi connectivity index (χ0n) is 12.7. The smallest absolute Gasteiger partial charge is 0.228 e. The second-order valence-corrected chi connectivity index (χ2v) is 5.16. The van der Waals surface area contributed by atoms with E-state index in [-0.39, 0.29) is 11.8 Å². The van der Waals surface area contributed by atoms with Crippen LogP contribution in [0.15, 0.2) is 24.3 Å². The molecule has 0 aliphatic carbocycles. The van der Waals surface area contributed by atoms with Gasteiger partial charge in [0.1, 0.15) is 5.75 Å². The second-order valence-electron chi connectivity index (χ2n) is 5.16. The summed E-state index contributed by atoms with van der Waals surface area (Å²) in [4.78, 5) is 14.4. The Labute approximate surface area is 125 Å². The molecule has 116 valence electrons. The molecule has 1 aromatic rings. The van der Waals surface area contributed by atoms with Crippen molar-refractivity contribution >= 4 is 5.91 Å². The quantitative estimate of drug-likeness (QED) is 0.768. The molecular weight excluding hydrogens is 270 g/mol. The molecule has 1 heterocycles. The van der Waals surface area contributed by atoms with E-state index in [9.17, 15) is 4.79 Å². The van der Waals surface area contributed by atoms with Crippen molar-refractivity contribution in [1.82, 2.24) is 4.90 Å². The third-order valence-corrected chi connectivity index (χ3v) is 3.66. The zero-order valence-corrected chi connectivity index (χ0v) is 12.7. The van der Waals surface area contributed by atoms with Gasteiger partial charge >= 0.3 is 0 Å². The lowest BCUT2D eigenvalue weighted by Gasteiger charge is -2.25. The fourth-order valence-electron chi connectivity index (χ4n) is 2.45.